The van der Waals surface area contributed by atoms with Gasteiger partial charge in [-0.05, 0) is 43.8 Å². The van der Waals surface area contributed by atoms with E-state index in [9.17, 15) is 9.59 Å². The number of fused-ring (bicyclic) bond motifs is 1. The fourth-order valence-corrected chi connectivity index (χ4v) is 4.66. The number of aryl methyl sites for hydroxylation is 2. The van der Waals surface area contributed by atoms with Gasteiger partial charge in [-0.3, -0.25) is 14.5 Å². The van der Waals surface area contributed by atoms with E-state index < -0.39 is 0 Å². The number of amides is 2. The van der Waals surface area contributed by atoms with Crippen molar-refractivity contribution in [2.75, 3.05) is 18.0 Å². The first-order valence-corrected chi connectivity index (χ1v) is 11.3. The third kappa shape index (κ3) is 4.10. The minimum Gasteiger partial charge on any atom is -0.336 e. The molecule has 0 N–H and O–H groups in total. The van der Waals surface area contributed by atoms with Crippen LogP contribution >= 0.6 is 0 Å². The van der Waals surface area contributed by atoms with Gasteiger partial charge in [0.05, 0.1) is 6.54 Å². The molecular weight excluding hydrogens is 420 g/mol. The first kappa shape index (κ1) is 21.2. The lowest BCUT2D eigenvalue weighted by Gasteiger charge is -2.33. The minimum atomic E-state index is -0.186. The van der Waals surface area contributed by atoms with Crippen LogP contribution in [0.2, 0.25) is 0 Å². The van der Waals surface area contributed by atoms with Crippen molar-refractivity contribution in [3.63, 3.8) is 0 Å². The fraction of sp³-hybridized carbons (Fsp3) is 0.417. The monoisotopic (exact) mass is 446 g/mol. The Labute approximate surface area is 191 Å². The Morgan fingerprint density at radius 2 is 1.91 bits per heavy atom. The number of hydrogen-bond acceptors (Lipinski definition) is 7. The third-order valence-corrected chi connectivity index (χ3v) is 6.47. The van der Waals surface area contributed by atoms with E-state index in [1.54, 1.807) is 16.7 Å². The molecule has 2 aromatic heterocycles. The van der Waals surface area contributed by atoms with Gasteiger partial charge >= 0.3 is 0 Å². The van der Waals surface area contributed by atoms with Crippen molar-refractivity contribution in [3.8, 4) is 0 Å². The van der Waals surface area contributed by atoms with Crippen molar-refractivity contribution in [3.05, 3.63) is 64.4 Å². The summed E-state index contributed by atoms with van der Waals surface area (Å²) in [4.78, 5) is 39.1. The van der Waals surface area contributed by atoms with Crippen LogP contribution < -0.4 is 4.90 Å². The van der Waals surface area contributed by atoms with Gasteiger partial charge in [-0.15, -0.1) is 0 Å². The van der Waals surface area contributed by atoms with Crippen LogP contribution in [0.3, 0.4) is 0 Å². The molecule has 0 radical (unpaired) electrons. The van der Waals surface area contributed by atoms with Gasteiger partial charge in [0.25, 0.3) is 5.91 Å². The number of rotatable bonds is 4. The van der Waals surface area contributed by atoms with Gasteiger partial charge in [-0.25, -0.2) is 14.6 Å². The molecule has 9 heteroatoms. The molecule has 0 bridgehead atoms. The minimum absolute atomic E-state index is 0.0116. The highest BCUT2D eigenvalue weighted by molar-refractivity contribution is 5.95. The van der Waals surface area contributed by atoms with Crippen LogP contribution in [-0.2, 0) is 17.8 Å². The Morgan fingerprint density at radius 1 is 1.09 bits per heavy atom. The summed E-state index contributed by atoms with van der Waals surface area (Å²) in [5.41, 5.74) is 3.72. The van der Waals surface area contributed by atoms with Gasteiger partial charge in [0, 0.05) is 36.7 Å². The van der Waals surface area contributed by atoms with Crippen LogP contribution in [0.5, 0.6) is 0 Å². The topological polar surface area (TPSA) is 105 Å². The van der Waals surface area contributed by atoms with E-state index in [-0.39, 0.29) is 23.4 Å². The number of carbonyl (C=O) groups is 2. The summed E-state index contributed by atoms with van der Waals surface area (Å²) in [5.74, 6) is 1.27. The molecule has 1 fully saturated rings. The van der Waals surface area contributed by atoms with Crippen LogP contribution in [0.4, 0.5) is 5.82 Å². The standard InChI is InChI=1S/C24H26N6O3/c1-15-19-10-11-20(31)30(13-17-7-4-3-5-8-17)23(19)26-22(25-15)18-9-6-12-29(14-18)24(32)21-16(2)27-33-28-21/h3-5,7-8,18H,6,9-14H2,1-2H3/t18-/m1/s1. The van der Waals surface area contributed by atoms with Gasteiger partial charge < -0.3 is 4.90 Å². The third-order valence-electron chi connectivity index (χ3n) is 6.47. The zero-order chi connectivity index (χ0) is 22.9. The van der Waals surface area contributed by atoms with Gasteiger partial charge in [-0.1, -0.05) is 35.5 Å². The highest BCUT2D eigenvalue weighted by Gasteiger charge is 2.33. The lowest BCUT2D eigenvalue weighted by Crippen LogP contribution is -2.40. The van der Waals surface area contributed by atoms with E-state index in [0.717, 1.165) is 29.7 Å². The maximum absolute atomic E-state index is 12.9. The van der Waals surface area contributed by atoms with Crippen molar-refractivity contribution in [2.45, 2.75) is 52.0 Å². The van der Waals surface area contributed by atoms with Gasteiger partial charge in [0.2, 0.25) is 5.91 Å². The number of anilines is 1. The zero-order valence-corrected chi connectivity index (χ0v) is 18.8. The van der Waals surface area contributed by atoms with Gasteiger partial charge in [-0.2, -0.15) is 0 Å². The first-order chi connectivity index (χ1) is 16.0. The van der Waals surface area contributed by atoms with Crippen LogP contribution in [0, 0.1) is 13.8 Å². The molecule has 3 aromatic rings. The molecule has 0 saturated carbocycles. The van der Waals surface area contributed by atoms with Crippen molar-refractivity contribution in [1.82, 2.24) is 25.2 Å². The molecule has 0 spiro atoms. The molecule has 2 aliphatic heterocycles. The largest absolute Gasteiger partial charge is 0.336 e. The van der Waals surface area contributed by atoms with E-state index >= 15 is 0 Å². The van der Waals surface area contributed by atoms with Crippen LogP contribution in [0.25, 0.3) is 0 Å². The second-order valence-corrected chi connectivity index (χ2v) is 8.72. The molecule has 4 heterocycles. The summed E-state index contributed by atoms with van der Waals surface area (Å²) in [7, 11) is 0. The molecule has 1 saturated heterocycles. The normalized spacial score (nSPS) is 18.4. The molecule has 1 aromatic carbocycles. The number of benzene rings is 1. The summed E-state index contributed by atoms with van der Waals surface area (Å²) in [5, 5.41) is 7.49. The van der Waals surface area contributed by atoms with E-state index in [2.05, 4.69) is 10.3 Å². The highest BCUT2D eigenvalue weighted by Crippen LogP contribution is 2.33. The Kier molecular flexibility index (Phi) is 5.62. The number of piperidine rings is 1. The molecule has 170 valence electrons. The molecule has 33 heavy (non-hydrogen) atoms. The summed E-state index contributed by atoms with van der Waals surface area (Å²) >= 11 is 0. The molecule has 5 rings (SSSR count). The average molecular weight is 447 g/mol. The molecule has 9 nitrogen and oxygen atoms in total. The Morgan fingerprint density at radius 3 is 2.67 bits per heavy atom. The predicted molar refractivity (Wildman–Crippen MR) is 120 cm³/mol. The molecule has 1 atom stereocenters. The lowest BCUT2D eigenvalue weighted by molar-refractivity contribution is -0.119. The second kappa shape index (κ2) is 8.73. The van der Waals surface area contributed by atoms with Gasteiger partial charge in [0.1, 0.15) is 17.3 Å². The van der Waals surface area contributed by atoms with Crippen molar-refractivity contribution >= 4 is 17.6 Å². The molecule has 0 aliphatic carbocycles. The number of likely N-dealkylation sites (tertiary alicyclic amines) is 1. The van der Waals surface area contributed by atoms with E-state index in [0.29, 0.717) is 49.8 Å². The van der Waals surface area contributed by atoms with Crippen LogP contribution in [-0.4, -0.2) is 50.1 Å². The lowest BCUT2D eigenvalue weighted by atomic mass is 9.95. The van der Waals surface area contributed by atoms with Gasteiger partial charge in [0.15, 0.2) is 5.69 Å². The summed E-state index contributed by atoms with van der Waals surface area (Å²) in [6.45, 7) is 5.31. The number of carbonyl (C=O) groups excluding carboxylic acids is 2. The fourth-order valence-electron chi connectivity index (χ4n) is 4.66. The quantitative estimate of drug-likeness (QED) is 0.607. The SMILES string of the molecule is Cc1nonc1C(=O)N1CCC[C@@H](c2nc(C)c3c(n2)N(Cc2ccccc2)C(=O)CC3)C1. The van der Waals surface area contributed by atoms with Crippen LogP contribution in [0.1, 0.15) is 64.0 Å². The summed E-state index contributed by atoms with van der Waals surface area (Å²) in [6, 6.07) is 9.94. The van der Waals surface area contributed by atoms with E-state index in [1.165, 1.54) is 0 Å². The summed E-state index contributed by atoms with van der Waals surface area (Å²) < 4.78 is 4.71. The highest BCUT2D eigenvalue weighted by atomic mass is 16.6. The number of hydrogen-bond donors (Lipinski definition) is 0. The molecule has 0 unspecified atom stereocenters. The molecule has 2 aliphatic rings. The second-order valence-electron chi connectivity index (χ2n) is 8.72. The maximum atomic E-state index is 12.9. The van der Waals surface area contributed by atoms with E-state index in [1.807, 2.05) is 37.3 Å². The van der Waals surface area contributed by atoms with Crippen molar-refractivity contribution in [1.29, 1.82) is 0 Å². The van der Waals surface area contributed by atoms with Crippen molar-refractivity contribution < 1.29 is 14.2 Å². The first-order valence-electron chi connectivity index (χ1n) is 11.3. The van der Waals surface area contributed by atoms with Crippen molar-refractivity contribution in [2.24, 2.45) is 0 Å². The Hall–Kier alpha value is -3.62. The van der Waals surface area contributed by atoms with E-state index in [4.69, 9.17) is 14.6 Å². The molecule has 2 amide bonds. The predicted octanol–water partition coefficient (Wildman–Crippen LogP) is 2.98. The Bertz CT molecular complexity index is 1190. The zero-order valence-electron chi connectivity index (χ0n) is 18.8. The average Bonchev–Trinajstić information content (AvgIpc) is 3.27. The Balaban J connectivity index is 1.43. The maximum Gasteiger partial charge on any atom is 0.278 e. The number of nitrogens with zero attached hydrogens (tertiary/aromatic N) is 6. The smallest absolute Gasteiger partial charge is 0.278 e. The van der Waals surface area contributed by atoms with Crippen LogP contribution in [0.15, 0.2) is 35.0 Å². The number of aromatic nitrogens is 4. The molecular formula is C24H26N6O3. The summed E-state index contributed by atoms with van der Waals surface area (Å²) in [6.07, 6.45) is 2.83.